The van der Waals surface area contributed by atoms with Gasteiger partial charge in [0.05, 0.1) is 5.69 Å². The Bertz CT molecular complexity index is 590. The lowest BCUT2D eigenvalue weighted by Gasteiger charge is -2.11. The summed E-state index contributed by atoms with van der Waals surface area (Å²) in [5, 5.41) is 1.35. The van der Waals surface area contributed by atoms with E-state index >= 15 is 0 Å². The molecule has 0 bridgehead atoms. The molecule has 2 nitrogen and oxygen atoms in total. The number of aryl methyl sites for hydroxylation is 1. The van der Waals surface area contributed by atoms with Crippen molar-refractivity contribution in [3.8, 4) is 5.75 Å². The number of pyridine rings is 1. The van der Waals surface area contributed by atoms with Gasteiger partial charge in [0, 0.05) is 26.1 Å². The highest BCUT2D eigenvalue weighted by Crippen LogP contribution is 2.25. The molecule has 0 atom stereocenters. The SMILES string of the molecule is Cc1ccc(OCc2ccc(Br)cc2Cl)c(CBr)n1. The molecule has 0 unspecified atom stereocenters. The Kier molecular flexibility index (Phi) is 5.25. The van der Waals surface area contributed by atoms with Gasteiger partial charge in [-0.3, -0.25) is 4.98 Å². The molecule has 0 amide bonds. The highest BCUT2D eigenvalue weighted by Gasteiger charge is 2.07. The van der Waals surface area contributed by atoms with Crippen molar-refractivity contribution >= 4 is 43.5 Å². The summed E-state index contributed by atoms with van der Waals surface area (Å²) in [7, 11) is 0. The van der Waals surface area contributed by atoms with E-state index in [1.807, 2.05) is 37.3 Å². The minimum atomic E-state index is 0.427. The number of nitrogens with zero attached hydrogens (tertiary/aromatic N) is 1. The van der Waals surface area contributed by atoms with Crippen LogP contribution in [0.4, 0.5) is 0 Å². The van der Waals surface area contributed by atoms with E-state index in [4.69, 9.17) is 16.3 Å². The summed E-state index contributed by atoms with van der Waals surface area (Å²) in [6.07, 6.45) is 0. The van der Waals surface area contributed by atoms with Crippen molar-refractivity contribution in [2.24, 2.45) is 0 Å². The van der Waals surface area contributed by atoms with Crippen molar-refractivity contribution < 1.29 is 4.74 Å². The Morgan fingerprint density at radius 2 is 2.05 bits per heavy atom. The lowest BCUT2D eigenvalue weighted by atomic mass is 10.2. The van der Waals surface area contributed by atoms with E-state index in [1.54, 1.807) is 0 Å². The molecule has 0 spiro atoms. The maximum absolute atomic E-state index is 6.16. The van der Waals surface area contributed by atoms with Crippen LogP contribution >= 0.6 is 43.5 Å². The van der Waals surface area contributed by atoms with Crippen molar-refractivity contribution in [3.63, 3.8) is 0 Å². The van der Waals surface area contributed by atoms with Crippen LogP contribution in [0.1, 0.15) is 17.0 Å². The zero-order chi connectivity index (χ0) is 13.8. The van der Waals surface area contributed by atoms with Gasteiger partial charge in [-0.2, -0.15) is 0 Å². The van der Waals surface area contributed by atoms with E-state index < -0.39 is 0 Å². The number of benzene rings is 1. The molecule has 0 N–H and O–H groups in total. The smallest absolute Gasteiger partial charge is 0.142 e. The summed E-state index contributed by atoms with van der Waals surface area (Å²) in [6, 6.07) is 9.63. The third-order valence-corrected chi connectivity index (χ3v) is 3.97. The lowest BCUT2D eigenvalue weighted by Crippen LogP contribution is -2.00. The largest absolute Gasteiger partial charge is 0.487 e. The molecule has 1 heterocycles. The van der Waals surface area contributed by atoms with Gasteiger partial charge in [-0.25, -0.2) is 0 Å². The molecule has 2 aromatic rings. The summed E-state index contributed by atoms with van der Waals surface area (Å²) in [4.78, 5) is 4.43. The van der Waals surface area contributed by atoms with Gasteiger partial charge >= 0.3 is 0 Å². The van der Waals surface area contributed by atoms with Crippen LogP contribution in [-0.2, 0) is 11.9 Å². The third-order valence-electron chi connectivity index (χ3n) is 2.60. The van der Waals surface area contributed by atoms with E-state index in [-0.39, 0.29) is 0 Å². The predicted octanol–water partition coefficient (Wildman–Crippen LogP) is 5.28. The number of aromatic nitrogens is 1. The molecule has 19 heavy (non-hydrogen) atoms. The van der Waals surface area contributed by atoms with Crippen molar-refractivity contribution in [2.75, 3.05) is 0 Å². The molecule has 0 saturated heterocycles. The van der Waals surface area contributed by atoms with Gasteiger partial charge in [0.15, 0.2) is 0 Å². The third kappa shape index (κ3) is 3.94. The molecular weight excluding hydrogens is 393 g/mol. The fourth-order valence-corrected chi connectivity index (χ4v) is 2.75. The Morgan fingerprint density at radius 1 is 1.26 bits per heavy atom. The van der Waals surface area contributed by atoms with Crippen LogP contribution < -0.4 is 4.74 Å². The van der Waals surface area contributed by atoms with Gasteiger partial charge in [-0.15, -0.1) is 0 Å². The number of ether oxygens (including phenoxy) is 1. The molecule has 0 aliphatic heterocycles. The number of rotatable bonds is 4. The van der Waals surface area contributed by atoms with E-state index in [9.17, 15) is 0 Å². The van der Waals surface area contributed by atoms with Crippen molar-refractivity contribution in [2.45, 2.75) is 18.9 Å². The van der Waals surface area contributed by atoms with Gasteiger partial charge in [-0.05, 0) is 31.2 Å². The normalized spacial score (nSPS) is 10.5. The maximum atomic E-state index is 6.16. The first kappa shape index (κ1) is 14.8. The maximum Gasteiger partial charge on any atom is 0.142 e. The molecule has 1 aromatic heterocycles. The highest BCUT2D eigenvalue weighted by molar-refractivity contribution is 9.10. The van der Waals surface area contributed by atoms with Crippen LogP contribution in [0, 0.1) is 6.92 Å². The van der Waals surface area contributed by atoms with E-state index in [2.05, 4.69) is 36.8 Å². The summed E-state index contributed by atoms with van der Waals surface area (Å²) in [5.41, 5.74) is 2.82. The van der Waals surface area contributed by atoms with Crippen LogP contribution in [0.5, 0.6) is 5.75 Å². The molecular formula is C14H12Br2ClNO. The minimum Gasteiger partial charge on any atom is -0.487 e. The van der Waals surface area contributed by atoms with E-state index in [0.717, 1.165) is 27.2 Å². The Labute approximate surface area is 134 Å². The van der Waals surface area contributed by atoms with Gasteiger partial charge in [0.2, 0.25) is 0 Å². The van der Waals surface area contributed by atoms with Crippen LogP contribution in [0.15, 0.2) is 34.8 Å². The zero-order valence-electron chi connectivity index (χ0n) is 10.3. The number of hydrogen-bond acceptors (Lipinski definition) is 2. The fourth-order valence-electron chi connectivity index (χ4n) is 1.62. The second kappa shape index (κ2) is 6.73. The first-order chi connectivity index (χ1) is 9.10. The topological polar surface area (TPSA) is 22.1 Å². The number of halogens is 3. The summed E-state index contributed by atoms with van der Waals surface area (Å²) in [5.74, 6) is 0.779. The Balaban J connectivity index is 2.14. The fraction of sp³-hybridized carbons (Fsp3) is 0.214. The summed E-state index contributed by atoms with van der Waals surface area (Å²) < 4.78 is 6.76. The van der Waals surface area contributed by atoms with Crippen molar-refractivity contribution in [3.05, 3.63) is 56.8 Å². The average Bonchev–Trinajstić information content (AvgIpc) is 2.39. The van der Waals surface area contributed by atoms with Crippen LogP contribution in [0.3, 0.4) is 0 Å². The van der Waals surface area contributed by atoms with Crippen molar-refractivity contribution in [1.82, 2.24) is 4.98 Å². The highest BCUT2D eigenvalue weighted by atomic mass is 79.9. The summed E-state index contributed by atoms with van der Waals surface area (Å²) >= 11 is 13.0. The van der Waals surface area contributed by atoms with Gasteiger partial charge < -0.3 is 4.74 Å². The van der Waals surface area contributed by atoms with E-state index in [1.165, 1.54) is 0 Å². The summed E-state index contributed by atoms with van der Waals surface area (Å²) in [6.45, 7) is 2.39. The molecule has 0 aliphatic carbocycles. The van der Waals surface area contributed by atoms with Crippen LogP contribution in [-0.4, -0.2) is 4.98 Å². The van der Waals surface area contributed by atoms with Crippen LogP contribution in [0.2, 0.25) is 5.02 Å². The molecule has 0 saturated carbocycles. The number of hydrogen-bond donors (Lipinski definition) is 0. The second-order valence-electron chi connectivity index (χ2n) is 4.06. The van der Waals surface area contributed by atoms with Gasteiger partial charge in [0.1, 0.15) is 12.4 Å². The second-order valence-corrected chi connectivity index (χ2v) is 5.94. The molecule has 0 aliphatic rings. The zero-order valence-corrected chi connectivity index (χ0v) is 14.2. The molecule has 5 heteroatoms. The predicted molar refractivity (Wildman–Crippen MR) is 85.1 cm³/mol. The molecule has 0 fully saturated rings. The lowest BCUT2D eigenvalue weighted by molar-refractivity contribution is 0.302. The Hall–Kier alpha value is -0.580. The first-order valence-electron chi connectivity index (χ1n) is 5.69. The standard InChI is InChI=1S/C14H12Br2ClNO/c1-9-2-5-14(13(7-15)18-9)19-8-10-3-4-11(16)6-12(10)17/h2-6H,7-8H2,1H3. The average molecular weight is 406 g/mol. The van der Waals surface area contributed by atoms with Gasteiger partial charge in [0.25, 0.3) is 0 Å². The van der Waals surface area contributed by atoms with E-state index in [0.29, 0.717) is 17.0 Å². The van der Waals surface area contributed by atoms with Crippen molar-refractivity contribution in [1.29, 1.82) is 0 Å². The Morgan fingerprint density at radius 3 is 2.74 bits per heavy atom. The minimum absolute atomic E-state index is 0.427. The molecule has 0 radical (unpaired) electrons. The monoisotopic (exact) mass is 403 g/mol. The molecule has 100 valence electrons. The van der Waals surface area contributed by atoms with Crippen LogP contribution in [0.25, 0.3) is 0 Å². The quantitative estimate of drug-likeness (QED) is 0.646. The first-order valence-corrected chi connectivity index (χ1v) is 7.98. The molecule has 2 rings (SSSR count). The molecule has 1 aromatic carbocycles. The number of alkyl halides is 1. The van der Waals surface area contributed by atoms with Gasteiger partial charge in [-0.1, -0.05) is 49.5 Å².